The number of benzene rings is 1. The highest BCUT2D eigenvalue weighted by Gasteiger charge is 2.27. The summed E-state index contributed by atoms with van der Waals surface area (Å²) in [6.45, 7) is 0. The molecule has 0 atom stereocenters. The van der Waals surface area contributed by atoms with E-state index >= 15 is 0 Å². The molecular weight excluding hydrogens is 269 g/mol. The fourth-order valence-corrected chi connectivity index (χ4v) is 1.64. The van der Waals surface area contributed by atoms with Gasteiger partial charge in [0.2, 0.25) is 0 Å². The number of nitrogens with one attached hydrogen (secondary N) is 1. The molecule has 20 heavy (non-hydrogen) atoms. The van der Waals surface area contributed by atoms with Crippen LogP contribution in [-0.4, -0.2) is 16.1 Å². The third-order valence-corrected chi connectivity index (χ3v) is 2.40. The summed E-state index contributed by atoms with van der Waals surface area (Å²) in [5, 5.41) is 11.6. The van der Waals surface area contributed by atoms with Crippen LogP contribution in [-0.2, 0) is 6.42 Å². The summed E-state index contributed by atoms with van der Waals surface area (Å²) < 4.78 is 37.0. The summed E-state index contributed by atoms with van der Waals surface area (Å²) in [5.74, 6) is 0.208. The van der Waals surface area contributed by atoms with Crippen LogP contribution in [0.5, 0.6) is 0 Å². The van der Waals surface area contributed by atoms with Crippen LogP contribution in [0.4, 0.5) is 24.7 Å². The minimum Gasteiger partial charge on any atom is -0.338 e. The molecular formula is C13H9F3N4. The summed E-state index contributed by atoms with van der Waals surface area (Å²) in [5.41, 5.74) is 0.627. The molecule has 102 valence electrons. The molecule has 1 aromatic carbocycles. The normalized spacial score (nSPS) is 10.9. The lowest BCUT2D eigenvalue weighted by Gasteiger charge is -2.10. The van der Waals surface area contributed by atoms with Gasteiger partial charge in [-0.05, 0) is 17.7 Å². The van der Waals surface area contributed by atoms with Crippen LogP contribution < -0.4 is 5.32 Å². The van der Waals surface area contributed by atoms with E-state index < -0.39 is 12.6 Å². The minimum atomic E-state index is -4.26. The average molecular weight is 278 g/mol. The van der Waals surface area contributed by atoms with Crippen molar-refractivity contribution in [2.24, 2.45) is 0 Å². The Morgan fingerprint density at radius 3 is 2.65 bits per heavy atom. The molecule has 2 aromatic rings. The molecule has 0 radical (unpaired) electrons. The molecule has 0 amide bonds. The molecule has 0 saturated carbocycles. The number of halogens is 3. The zero-order valence-corrected chi connectivity index (χ0v) is 10.1. The van der Waals surface area contributed by atoms with E-state index in [0.29, 0.717) is 5.69 Å². The van der Waals surface area contributed by atoms with E-state index in [1.807, 2.05) is 6.07 Å². The Kier molecular flexibility index (Phi) is 3.84. The number of rotatable bonds is 3. The highest BCUT2D eigenvalue weighted by Crippen LogP contribution is 2.24. The van der Waals surface area contributed by atoms with Gasteiger partial charge in [0.15, 0.2) is 11.5 Å². The van der Waals surface area contributed by atoms with E-state index in [0.717, 1.165) is 0 Å². The fraction of sp³-hybridized carbons (Fsp3) is 0.154. The number of aromatic nitrogens is 2. The molecule has 4 nitrogen and oxygen atoms in total. The Morgan fingerprint density at radius 1 is 1.20 bits per heavy atom. The van der Waals surface area contributed by atoms with E-state index in [1.165, 1.54) is 30.6 Å². The van der Waals surface area contributed by atoms with Gasteiger partial charge in [-0.25, -0.2) is 9.97 Å². The van der Waals surface area contributed by atoms with E-state index in [4.69, 9.17) is 5.26 Å². The summed E-state index contributed by atoms with van der Waals surface area (Å²) in [6.07, 6.45) is -2.51. The second-order valence-electron chi connectivity index (χ2n) is 3.98. The van der Waals surface area contributed by atoms with Crippen LogP contribution >= 0.6 is 0 Å². The van der Waals surface area contributed by atoms with Crippen molar-refractivity contribution >= 4 is 11.5 Å². The van der Waals surface area contributed by atoms with Gasteiger partial charge in [0, 0.05) is 18.1 Å². The first kappa shape index (κ1) is 13.8. The van der Waals surface area contributed by atoms with Crippen molar-refractivity contribution in [1.82, 2.24) is 9.97 Å². The van der Waals surface area contributed by atoms with Crippen molar-refractivity contribution in [3.05, 3.63) is 47.9 Å². The number of anilines is 2. The molecule has 0 bridgehead atoms. The molecule has 0 aliphatic rings. The molecule has 0 unspecified atom stereocenters. The van der Waals surface area contributed by atoms with Crippen LogP contribution in [0.25, 0.3) is 0 Å². The maximum absolute atomic E-state index is 12.3. The van der Waals surface area contributed by atoms with Gasteiger partial charge in [0.25, 0.3) is 0 Å². The van der Waals surface area contributed by atoms with Gasteiger partial charge >= 0.3 is 6.18 Å². The minimum absolute atomic E-state index is 0.0775. The lowest BCUT2D eigenvalue weighted by atomic mass is 10.1. The highest BCUT2D eigenvalue weighted by atomic mass is 19.4. The standard InChI is InChI=1S/C13H9F3N4/c14-13(15,16)7-9-2-1-3-10(6-9)20-12-11(8-17)18-4-5-19-12/h1-6H,7H2,(H,19,20). The Bertz CT molecular complexity index is 647. The van der Waals surface area contributed by atoms with Gasteiger partial charge in [-0.3, -0.25) is 0 Å². The van der Waals surface area contributed by atoms with E-state index in [9.17, 15) is 13.2 Å². The molecule has 2 rings (SSSR count). The van der Waals surface area contributed by atoms with Gasteiger partial charge in [-0.15, -0.1) is 0 Å². The van der Waals surface area contributed by atoms with Gasteiger partial charge in [-0.2, -0.15) is 18.4 Å². The van der Waals surface area contributed by atoms with Crippen LogP contribution in [0.2, 0.25) is 0 Å². The zero-order chi connectivity index (χ0) is 14.6. The molecule has 0 fully saturated rings. The van der Waals surface area contributed by atoms with Crippen molar-refractivity contribution in [3.8, 4) is 6.07 Å². The lowest BCUT2D eigenvalue weighted by Crippen LogP contribution is -2.11. The molecule has 7 heteroatoms. The maximum atomic E-state index is 12.3. The first-order valence-electron chi connectivity index (χ1n) is 5.62. The van der Waals surface area contributed by atoms with Crippen molar-refractivity contribution in [2.75, 3.05) is 5.32 Å². The number of hydrogen-bond donors (Lipinski definition) is 1. The topological polar surface area (TPSA) is 61.6 Å². The van der Waals surface area contributed by atoms with E-state index in [1.54, 1.807) is 6.07 Å². The first-order chi connectivity index (χ1) is 9.48. The Hall–Kier alpha value is -2.62. The third kappa shape index (κ3) is 3.68. The van der Waals surface area contributed by atoms with Gasteiger partial charge in [0.1, 0.15) is 6.07 Å². The third-order valence-electron chi connectivity index (χ3n) is 2.40. The highest BCUT2D eigenvalue weighted by molar-refractivity contribution is 5.61. The largest absolute Gasteiger partial charge is 0.393 e. The van der Waals surface area contributed by atoms with E-state index in [2.05, 4.69) is 15.3 Å². The number of hydrogen-bond acceptors (Lipinski definition) is 4. The Morgan fingerprint density at radius 2 is 1.95 bits per heavy atom. The van der Waals surface area contributed by atoms with Gasteiger partial charge in [-0.1, -0.05) is 12.1 Å². The second kappa shape index (κ2) is 5.57. The summed E-state index contributed by atoms with van der Waals surface area (Å²) in [7, 11) is 0. The smallest absolute Gasteiger partial charge is 0.338 e. The molecule has 1 N–H and O–H groups in total. The molecule has 0 aliphatic heterocycles. The van der Waals surface area contributed by atoms with Crippen LogP contribution in [0, 0.1) is 11.3 Å². The van der Waals surface area contributed by atoms with Crippen molar-refractivity contribution < 1.29 is 13.2 Å². The number of nitrogens with zero attached hydrogens (tertiary/aromatic N) is 3. The zero-order valence-electron chi connectivity index (χ0n) is 10.1. The van der Waals surface area contributed by atoms with Gasteiger partial charge in [0.05, 0.1) is 6.42 Å². The van der Waals surface area contributed by atoms with Crippen molar-refractivity contribution in [1.29, 1.82) is 5.26 Å². The van der Waals surface area contributed by atoms with Crippen LogP contribution in [0.1, 0.15) is 11.3 Å². The molecule has 1 aromatic heterocycles. The first-order valence-corrected chi connectivity index (χ1v) is 5.62. The molecule has 0 spiro atoms. The maximum Gasteiger partial charge on any atom is 0.393 e. The van der Waals surface area contributed by atoms with Crippen molar-refractivity contribution in [2.45, 2.75) is 12.6 Å². The Labute approximate surface area is 112 Å². The quantitative estimate of drug-likeness (QED) is 0.936. The fourth-order valence-electron chi connectivity index (χ4n) is 1.64. The lowest BCUT2D eigenvalue weighted by molar-refractivity contribution is -0.127. The van der Waals surface area contributed by atoms with Crippen molar-refractivity contribution in [3.63, 3.8) is 0 Å². The number of alkyl halides is 3. The Balaban J connectivity index is 2.22. The predicted molar refractivity (Wildman–Crippen MR) is 66.2 cm³/mol. The van der Waals surface area contributed by atoms with Gasteiger partial charge < -0.3 is 5.32 Å². The average Bonchev–Trinajstić information content (AvgIpc) is 2.38. The van der Waals surface area contributed by atoms with Crippen LogP contribution in [0.3, 0.4) is 0 Å². The summed E-state index contributed by atoms with van der Waals surface area (Å²) in [6, 6.07) is 7.71. The molecule has 0 saturated heterocycles. The molecule has 0 aliphatic carbocycles. The second-order valence-corrected chi connectivity index (χ2v) is 3.98. The predicted octanol–water partition coefficient (Wildman–Crippen LogP) is 3.20. The summed E-state index contributed by atoms with van der Waals surface area (Å²) >= 11 is 0. The molecule has 1 heterocycles. The SMILES string of the molecule is N#Cc1nccnc1Nc1cccc(CC(F)(F)F)c1. The van der Waals surface area contributed by atoms with Crippen LogP contribution in [0.15, 0.2) is 36.7 Å². The summed E-state index contributed by atoms with van der Waals surface area (Å²) in [4.78, 5) is 7.74. The van der Waals surface area contributed by atoms with E-state index in [-0.39, 0.29) is 17.1 Å². The number of nitriles is 1. The monoisotopic (exact) mass is 278 g/mol.